The van der Waals surface area contributed by atoms with Crippen molar-refractivity contribution in [1.82, 2.24) is 14.5 Å². The first-order chi connectivity index (χ1) is 14.5. The lowest BCUT2D eigenvalue weighted by Crippen LogP contribution is -2.19. The molecular weight excluding hydrogens is 430 g/mol. The first-order valence-electron chi connectivity index (χ1n) is 8.92. The number of hydrogen-bond acceptors (Lipinski definition) is 4. The second-order valence-corrected chi connectivity index (χ2v) is 7.75. The third kappa shape index (κ3) is 4.44. The maximum absolute atomic E-state index is 14.0. The number of nitrogens with one attached hydrogen (secondary N) is 1. The number of halogens is 3. The van der Waals surface area contributed by atoms with Crippen LogP contribution in [0.1, 0.15) is 5.56 Å². The van der Waals surface area contributed by atoms with Crippen molar-refractivity contribution in [2.45, 2.75) is 17.5 Å². The minimum absolute atomic E-state index is 0.0448. The highest BCUT2D eigenvalue weighted by Crippen LogP contribution is 2.27. The van der Waals surface area contributed by atoms with Crippen LogP contribution in [0, 0.1) is 11.6 Å². The normalized spacial score (nSPS) is 11.0. The quantitative estimate of drug-likeness (QED) is 0.410. The van der Waals surface area contributed by atoms with Crippen molar-refractivity contribution in [1.29, 1.82) is 0 Å². The Morgan fingerprint density at radius 1 is 1.13 bits per heavy atom. The molecule has 4 rings (SSSR count). The van der Waals surface area contributed by atoms with Crippen LogP contribution in [0.4, 0.5) is 14.5 Å². The van der Waals surface area contributed by atoms with Crippen LogP contribution < -0.4 is 5.32 Å². The fourth-order valence-corrected chi connectivity index (χ4v) is 4.07. The smallest absolute Gasteiger partial charge is 0.244 e. The molecule has 0 saturated carbocycles. The highest BCUT2D eigenvalue weighted by molar-refractivity contribution is 7.98. The molecule has 9 heteroatoms. The topological polar surface area (TPSA) is 59.8 Å². The number of imidazole rings is 1. The second-order valence-electron chi connectivity index (χ2n) is 6.40. The standard InChI is InChI=1S/C21H15ClF2N4OS/c22-15-9-14(5-6-17(15)24)26-20(29)11-28-19-10-25-8-7-18(19)27-21(28)30-12-13-3-1-2-4-16(13)23/h1-10H,11-12H2,(H,26,29). The zero-order valence-corrected chi connectivity index (χ0v) is 17.1. The Kier molecular flexibility index (Phi) is 5.96. The van der Waals surface area contributed by atoms with E-state index in [0.29, 0.717) is 33.2 Å². The molecule has 0 unspecified atom stereocenters. The SMILES string of the molecule is O=C(Cn1c(SCc2ccccc2F)nc2ccncc21)Nc1ccc(F)c(Cl)c1. The number of aromatic nitrogens is 3. The van der Waals surface area contributed by atoms with Crippen molar-refractivity contribution in [3.8, 4) is 0 Å². The van der Waals surface area contributed by atoms with Gasteiger partial charge in [-0.15, -0.1) is 0 Å². The predicted octanol–water partition coefficient (Wildman–Crippen LogP) is 5.29. The van der Waals surface area contributed by atoms with Crippen LogP contribution in [0.3, 0.4) is 0 Å². The minimum atomic E-state index is -0.562. The van der Waals surface area contributed by atoms with Crippen LogP contribution in [0.15, 0.2) is 66.1 Å². The Balaban J connectivity index is 1.57. The minimum Gasteiger partial charge on any atom is -0.324 e. The van der Waals surface area contributed by atoms with Crippen molar-refractivity contribution in [2.24, 2.45) is 0 Å². The summed E-state index contributed by atoms with van der Waals surface area (Å²) in [6, 6.07) is 12.2. The summed E-state index contributed by atoms with van der Waals surface area (Å²) in [6.07, 6.45) is 3.24. The van der Waals surface area contributed by atoms with E-state index < -0.39 is 5.82 Å². The van der Waals surface area contributed by atoms with Gasteiger partial charge in [0, 0.05) is 17.6 Å². The summed E-state index contributed by atoms with van der Waals surface area (Å²) in [5, 5.41) is 3.18. The van der Waals surface area contributed by atoms with Gasteiger partial charge in [-0.3, -0.25) is 9.78 Å². The molecule has 2 aromatic carbocycles. The van der Waals surface area contributed by atoms with Gasteiger partial charge in [0.25, 0.3) is 0 Å². The van der Waals surface area contributed by atoms with Gasteiger partial charge in [-0.05, 0) is 35.9 Å². The molecule has 0 radical (unpaired) electrons. The van der Waals surface area contributed by atoms with E-state index in [0.717, 1.165) is 0 Å². The van der Waals surface area contributed by atoms with Crippen molar-refractivity contribution in [3.63, 3.8) is 0 Å². The number of pyridine rings is 1. The molecule has 2 aromatic heterocycles. The van der Waals surface area contributed by atoms with E-state index in [-0.39, 0.29) is 23.3 Å². The van der Waals surface area contributed by atoms with Gasteiger partial charge < -0.3 is 9.88 Å². The van der Waals surface area contributed by atoms with Gasteiger partial charge in [0.15, 0.2) is 5.16 Å². The highest BCUT2D eigenvalue weighted by Gasteiger charge is 2.16. The molecule has 0 spiro atoms. The monoisotopic (exact) mass is 444 g/mol. The maximum Gasteiger partial charge on any atom is 0.244 e. The molecule has 30 heavy (non-hydrogen) atoms. The van der Waals surface area contributed by atoms with E-state index in [4.69, 9.17) is 11.6 Å². The van der Waals surface area contributed by atoms with Gasteiger partial charge in [0.1, 0.15) is 18.2 Å². The summed E-state index contributed by atoms with van der Waals surface area (Å²) in [6.45, 7) is -0.0448. The molecule has 0 aliphatic rings. The highest BCUT2D eigenvalue weighted by atomic mass is 35.5. The van der Waals surface area contributed by atoms with Crippen LogP contribution in [0.5, 0.6) is 0 Å². The third-order valence-electron chi connectivity index (χ3n) is 4.34. The van der Waals surface area contributed by atoms with Gasteiger partial charge in [0.05, 0.1) is 22.3 Å². The van der Waals surface area contributed by atoms with Gasteiger partial charge in [0.2, 0.25) is 5.91 Å². The van der Waals surface area contributed by atoms with Crippen LogP contribution in [0.25, 0.3) is 11.0 Å². The number of rotatable bonds is 6. The Morgan fingerprint density at radius 2 is 1.97 bits per heavy atom. The molecule has 4 aromatic rings. The number of benzene rings is 2. The zero-order chi connectivity index (χ0) is 21.1. The molecule has 1 N–H and O–H groups in total. The first-order valence-corrected chi connectivity index (χ1v) is 10.3. The molecule has 1 amide bonds. The van der Waals surface area contributed by atoms with E-state index >= 15 is 0 Å². The molecule has 0 bridgehead atoms. The second kappa shape index (κ2) is 8.81. The zero-order valence-electron chi connectivity index (χ0n) is 15.5. The van der Waals surface area contributed by atoms with E-state index in [1.807, 2.05) is 0 Å². The van der Waals surface area contributed by atoms with Crippen molar-refractivity contribution in [2.75, 3.05) is 5.32 Å². The molecule has 0 aliphatic heterocycles. The average Bonchev–Trinajstić information content (AvgIpc) is 3.07. The number of fused-ring (bicyclic) bond motifs is 1. The fraction of sp³-hybridized carbons (Fsp3) is 0.0952. The lowest BCUT2D eigenvalue weighted by atomic mass is 10.2. The summed E-state index contributed by atoms with van der Waals surface area (Å²) >= 11 is 7.10. The predicted molar refractivity (Wildman–Crippen MR) is 114 cm³/mol. The number of nitrogens with zero attached hydrogens (tertiary/aromatic N) is 3. The summed E-state index contributed by atoms with van der Waals surface area (Å²) < 4.78 is 29.0. The van der Waals surface area contributed by atoms with Crippen LogP contribution in [-0.2, 0) is 17.1 Å². The summed E-state index contributed by atoms with van der Waals surface area (Å²) in [5.74, 6) is -0.833. The van der Waals surface area contributed by atoms with E-state index in [1.54, 1.807) is 41.2 Å². The molecule has 0 atom stereocenters. The Morgan fingerprint density at radius 3 is 2.77 bits per heavy atom. The third-order valence-corrected chi connectivity index (χ3v) is 5.65. The van der Waals surface area contributed by atoms with Crippen molar-refractivity contribution in [3.05, 3.63) is 83.1 Å². The Bertz CT molecular complexity index is 1230. The molecule has 0 aliphatic carbocycles. The molecule has 152 valence electrons. The molecule has 5 nitrogen and oxygen atoms in total. The number of carbonyl (C=O) groups excluding carboxylic acids is 1. The van der Waals surface area contributed by atoms with Crippen LogP contribution in [0.2, 0.25) is 5.02 Å². The number of thioether (sulfide) groups is 1. The fourth-order valence-electron chi connectivity index (χ4n) is 2.89. The first kappa shape index (κ1) is 20.3. The van der Waals surface area contributed by atoms with E-state index in [1.165, 1.54) is 36.0 Å². The maximum atomic E-state index is 14.0. The molecule has 0 fully saturated rings. The summed E-state index contributed by atoms with van der Waals surface area (Å²) in [4.78, 5) is 21.3. The van der Waals surface area contributed by atoms with Crippen LogP contribution >= 0.6 is 23.4 Å². The Hall–Kier alpha value is -2.97. The van der Waals surface area contributed by atoms with Crippen molar-refractivity contribution < 1.29 is 13.6 Å². The largest absolute Gasteiger partial charge is 0.324 e. The van der Waals surface area contributed by atoms with Gasteiger partial charge >= 0.3 is 0 Å². The van der Waals surface area contributed by atoms with Gasteiger partial charge in [-0.1, -0.05) is 41.6 Å². The Labute approximate surface area is 180 Å². The van der Waals surface area contributed by atoms with E-state index in [2.05, 4.69) is 15.3 Å². The summed E-state index contributed by atoms with van der Waals surface area (Å²) in [7, 11) is 0. The summed E-state index contributed by atoms with van der Waals surface area (Å²) in [5.41, 5.74) is 2.29. The number of hydrogen-bond donors (Lipinski definition) is 1. The van der Waals surface area contributed by atoms with Crippen molar-refractivity contribution >= 4 is 46.0 Å². The molecule has 2 heterocycles. The van der Waals surface area contributed by atoms with Crippen LogP contribution in [-0.4, -0.2) is 20.4 Å². The molecule has 0 saturated heterocycles. The molecular formula is C21H15ClF2N4OS. The lowest BCUT2D eigenvalue weighted by Gasteiger charge is -2.10. The average molecular weight is 445 g/mol. The van der Waals surface area contributed by atoms with Gasteiger partial charge in [-0.25, -0.2) is 13.8 Å². The van der Waals surface area contributed by atoms with Gasteiger partial charge in [-0.2, -0.15) is 0 Å². The number of amides is 1. The number of carbonyl (C=O) groups is 1. The van der Waals surface area contributed by atoms with E-state index in [9.17, 15) is 13.6 Å². The lowest BCUT2D eigenvalue weighted by molar-refractivity contribution is -0.116. The number of anilines is 1.